The van der Waals surface area contributed by atoms with Crippen LogP contribution in [0.1, 0.15) is 34.5 Å². The lowest BCUT2D eigenvalue weighted by atomic mass is 9.79. The molecule has 0 bridgehead atoms. The van der Waals surface area contributed by atoms with Crippen LogP contribution in [0.15, 0.2) is 48.7 Å². The summed E-state index contributed by atoms with van der Waals surface area (Å²) in [5.41, 5.74) is 2.65. The van der Waals surface area contributed by atoms with Crippen LogP contribution in [0.2, 0.25) is 0 Å². The fourth-order valence-electron chi connectivity index (χ4n) is 4.13. The lowest BCUT2D eigenvalue weighted by molar-refractivity contribution is -0.120. The van der Waals surface area contributed by atoms with Crippen molar-refractivity contribution in [1.29, 1.82) is 0 Å². The molecule has 2 aliphatic heterocycles. The van der Waals surface area contributed by atoms with Gasteiger partial charge in [-0.3, -0.25) is 9.78 Å². The summed E-state index contributed by atoms with van der Waals surface area (Å²) in [6, 6.07) is 13.6. The van der Waals surface area contributed by atoms with E-state index in [-0.39, 0.29) is 11.5 Å². The molecule has 27 heavy (non-hydrogen) atoms. The van der Waals surface area contributed by atoms with Crippen LogP contribution in [0.5, 0.6) is 0 Å². The van der Waals surface area contributed by atoms with Gasteiger partial charge in [0.25, 0.3) is 5.91 Å². The number of rotatable bonds is 6. The number of aromatic nitrogens is 1. The monoisotopic (exact) mass is 366 g/mol. The van der Waals surface area contributed by atoms with Gasteiger partial charge in [0.15, 0.2) is 0 Å². The number of hydrogen-bond acceptors (Lipinski definition) is 4. The maximum Gasteiger partial charge on any atom is 0.254 e. The highest BCUT2D eigenvalue weighted by Crippen LogP contribution is 2.42. The Labute approximate surface area is 160 Å². The number of benzene rings is 1. The Morgan fingerprint density at radius 3 is 2.96 bits per heavy atom. The van der Waals surface area contributed by atoms with Crippen LogP contribution in [-0.4, -0.2) is 47.7 Å². The molecular formula is C22H26N2O3. The number of carbonyl (C=O) groups excluding carboxylic acids is 1. The topological polar surface area (TPSA) is 51.7 Å². The van der Waals surface area contributed by atoms with Crippen molar-refractivity contribution in [2.24, 2.45) is 5.92 Å². The maximum atomic E-state index is 12.7. The molecule has 1 aromatic carbocycles. The molecule has 0 aliphatic carbocycles. The summed E-state index contributed by atoms with van der Waals surface area (Å²) in [6.45, 7) is 5.39. The van der Waals surface area contributed by atoms with Crippen LogP contribution in [0, 0.1) is 12.8 Å². The summed E-state index contributed by atoms with van der Waals surface area (Å²) in [5.74, 6) is 0.549. The van der Waals surface area contributed by atoms with Gasteiger partial charge in [-0.1, -0.05) is 23.8 Å². The highest BCUT2D eigenvalue weighted by Gasteiger charge is 2.54. The van der Waals surface area contributed by atoms with E-state index < -0.39 is 0 Å². The lowest BCUT2D eigenvalue weighted by Gasteiger charge is -2.50. The summed E-state index contributed by atoms with van der Waals surface area (Å²) < 4.78 is 11.9. The summed E-state index contributed by atoms with van der Waals surface area (Å²) in [7, 11) is 0. The Balaban J connectivity index is 1.27. The fraction of sp³-hybridized carbons (Fsp3) is 0.455. The van der Waals surface area contributed by atoms with E-state index >= 15 is 0 Å². The molecule has 2 aliphatic rings. The van der Waals surface area contributed by atoms with Gasteiger partial charge in [-0.2, -0.15) is 0 Å². The third kappa shape index (κ3) is 3.89. The van der Waals surface area contributed by atoms with Crippen LogP contribution < -0.4 is 0 Å². The first-order valence-electron chi connectivity index (χ1n) is 9.64. The molecule has 1 unspecified atom stereocenters. The predicted molar refractivity (Wildman–Crippen MR) is 102 cm³/mol. The number of likely N-dealkylation sites (tertiary alicyclic amines) is 1. The van der Waals surface area contributed by atoms with Crippen molar-refractivity contribution in [3.8, 4) is 0 Å². The second kappa shape index (κ2) is 7.79. The van der Waals surface area contributed by atoms with Crippen molar-refractivity contribution >= 4 is 5.91 Å². The molecule has 0 N–H and O–H groups in total. The molecule has 1 atom stereocenters. The molecule has 3 heterocycles. The van der Waals surface area contributed by atoms with Gasteiger partial charge in [0.1, 0.15) is 5.60 Å². The Morgan fingerprint density at radius 1 is 1.30 bits per heavy atom. The molecule has 5 heteroatoms. The predicted octanol–water partition coefficient (Wildman–Crippen LogP) is 3.23. The fourth-order valence-corrected chi connectivity index (χ4v) is 4.13. The minimum atomic E-state index is -0.173. The third-order valence-electron chi connectivity index (χ3n) is 5.66. The summed E-state index contributed by atoms with van der Waals surface area (Å²) >= 11 is 0. The molecule has 4 rings (SSSR count). The second-order valence-corrected chi connectivity index (χ2v) is 7.59. The van der Waals surface area contributed by atoms with Gasteiger partial charge in [0, 0.05) is 25.0 Å². The average molecular weight is 366 g/mol. The van der Waals surface area contributed by atoms with E-state index in [1.807, 2.05) is 54.3 Å². The van der Waals surface area contributed by atoms with Gasteiger partial charge in [-0.15, -0.1) is 0 Å². The molecule has 2 fully saturated rings. The number of nitrogens with zero attached hydrogens (tertiary/aromatic N) is 2. The van der Waals surface area contributed by atoms with Crippen LogP contribution in [0.3, 0.4) is 0 Å². The summed E-state index contributed by atoms with van der Waals surface area (Å²) in [6.07, 6.45) is 3.78. The van der Waals surface area contributed by atoms with Crippen LogP contribution in [0.4, 0.5) is 0 Å². The molecule has 142 valence electrons. The minimum Gasteiger partial charge on any atom is -0.375 e. The van der Waals surface area contributed by atoms with E-state index in [1.54, 1.807) is 6.20 Å². The normalized spacial score (nSPS) is 20.6. The highest BCUT2D eigenvalue weighted by atomic mass is 16.5. The average Bonchev–Trinajstić information content (AvgIpc) is 3.08. The number of pyridine rings is 1. The Kier molecular flexibility index (Phi) is 5.23. The van der Waals surface area contributed by atoms with E-state index in [9.17, 15) is 4.79 Å². The zero-order valence-corrected chi connectivity index (χ0v) is 15.8. The smallest absolute Gasteiger partial charge is 0.254 e. The maximum absolute atomic E-state index is 12.7. The van der Waals surface area contributed by atoms with E-state index in [0.717, 1.165) is 36.3 Å². The quantitative estimate of drug-likeness (QED) is 0.737. The van der Waals surface area contributed by atoms with E-state index in [2.05, 4.69) is 4.98 Å². The molecule has 5 nitrogen and oxygen atoms in total. The minimum absolute atomic E-state index is 0.102. The first-order chi connectivity index (χ1) is 13.2. The number of aryl methyl sites for hydroxylation is 1. The van der Waals surface area contributed by atoms with E-state index in [4.69, 9.17) is 9.47 Å². The number of amides is 1. The first kappa shape index (κ1) is 18.1. The van der Waals surface area contributed by atoms with Crippen molar-refractivity contribution in [1.82, 2.24) is 9.88 Å². The van der Waals surface area contributed by atoms with Crippen LogP contribution in [-0.2, 0) is 16.1 Å². The van der Waals surface area contributed by atoms with Gasteiger partial charge in [0.2, 0.25) is 0 Å². The molecule has 1 amide bonds. The largest absolute Gasteiger partial charge is 0.375 e. The molecule has 1 aromatic heterocycles. The Hall–Kier alpha value is -2.24. The zero-order valence-electron chi connectivity index (χ0n) is 15.8. The summed E-state index contributed by atoms with van der Waals surface area (Å²) in [5, 5.41) is 0. The van der Waals surface area contributed by atoms with Gasteiger partial charge >= 0.3 is 0 Å². The van der Waals surface area contributed by atoms with E-state index in [1.165, 1.54) is 0 Å². The molecule has 2 aromatic rings. The third-order valence-corrected chi connectivity index (χ3v) is 5.66. The molecule has 0 radical (unpaired) electrons. The number of carbonyl (C=O) groups is 1. The van der Waals surface area contributed by atoms with Crippen LogP contribution >= 0.6 is 0 Å². The number of hydrogen-bond donors (Lipinski definition) is 0. The van der Waals surface area contributed by atoms with Gasteiger partial charge < -0.3 is 14.4 Å². The lowest BCUT2D eigenvalue weighted by Crippen LogP contribution is -2.66. The standard InChI is InChI=1S/C22H26N2O3/c1-17-5-4-6-18(13-17)21(25)24-15-22(16-24)19(9-12-27-22)8-11-26-14-20-7-2-3-10-23-20/h2-7,10,13,19H,8-9,11-12,14-16H2,1H3. The Bertz CT molecular complexity index is 787. The second-order valence-electron chi connectivity index (χ2n) is 7.59. The molecule has 1 spiro atoms. The van der Waals surface area contributed by atoms with Crippen molar-refractivity contribution in [2.45, 2.75) is 32.0 Å². The van der Waals surface area contributed by atoms with Gasteiger partial charge in [0.05, 0.1) is 25.4 Å². The zero-order chi connectivity index (χ0) is 18.7. The van der Waals surface area contributed by atoms with Crippen molar-refractivity contribution < 1.29 is 14.3 Å². The first-order valence-corrected chi connectivity index (χ1v) is 9.64. The highest BCUT2D eigenvalue weighted by molar-refractivity contribution is 5.95. The van der Waals surface area contributed by atoms with Crippen molar-refractivity contribution in [2.75, 3.05) is 26.3 Å². The van der Waals surface area contributed by atoms with Gasteiger partial charge in [-0.25, -0.2) is 0 Å². The SMILES string of the molecule is Cc1cccc(C(=O)N2CC3(C2)OCCC3CCOCc2ccccn2)c1. The Morgan fingerprint density at radius 2 is 2.19 bits per heavy atom. The summed E-state index contributed by atoms with van der Waals surface area (Å²) in [4.78, 5) is 18.9. The molecular weight excluding hydrogens is 340 g/mol. The molecule has 2 saturated heterocycles. The molecule has 0 saturated carbocycles. The van der Waals surface area contributed by atoms with Crippen molar-refractivity contribution in [3.05, 3.63) is 65.5 Å². The van der Waals surface area contributed by atoms with Gasteiger partial charge in [-0.05, 0) is 49.9 Å². The van der Waals surface area contributed by atoms with Crippen LogP contribution in [0.25, 0.3) is 0 Å². The van der Waals surface area contributed by atoms with E-state index in [0.29, 0.717) is 32.2 Å². The number of ether oxygens (including phenoxy) is 2. The van der Waals surface area contributed by atoms with Crippen molar-refractivity contribution in [3.63, 3.8) is 0 Å².